The summed E-state index contributed by atoms with van der Waals surface area (Å²) in [5.41, 5.74) is 0.732. The first-order valence-electron chi connectivity index (χ1n) is 8.17. The number of aryl methyl sites for hydroxylation is 1. The Balaban J connectivity index is 2.22. The number of aliphatic hydroxyl groups excluding tert-OH is 1. The molecule has 2 rings (SSSR count). The summed E-state index contributed by atoms with van der Waals surface area (Å²) in [7, 11) is 1.58. The number of hydrogen-bond acceptors (Lipinski definition) is 3. The van der Waals surface area contributed by atoms with E-state index in [0.29, 0.717) is 17.7 Å². The lowest BCUT2D eigenvalue weighted by Gasteiger charge is -2.27. The van der Waals surface area contributed by atoms with Crippen LogP contribution in [0, 0.1) is 11.7 Å². The maximum atomic E-state index is 13.0. The summed E-state index contributed by atoms with van der Waals surface area (Å²) in [4.78, 5) is 25.9. The van der Waals surface area contributed by atoms with Gasteiger partial charge < -0.3 is 14.6 Å². The summed E-state index contributed by atoms with van der Waals surface area (Å²) >= 11 is 0. The molecular weight excluding hydrogens is 323 g/mol. The van der Waals surface area contributed by atoms with Gasteiger partial charge in [0.1, 0.15) is 5.82 Å². The van der Waals surface area contributed by atoms with Gasteiger partial charge in [-0.3, -0.25) is 9.59 Å². The molecule has 0 aliphatic carbocycles. The van der Waals surface area contributed by atoms with Gasteiger partial charge in [-0.15, -0.1) is 0 Å². The topological polar surface area (TPSA) is 62.5 Å². The average molecular weight is 346 g/mol. The van der Waals surface area contributed by atoms with Gasteiger partial charge in [0.05, 0.1) is 18.2 Å². The molecule has 0 fully saturated rings. The molecule has 2 aromatic rings. The van der Waals surface area contributed by atoms with E-state index in [1.54, 1.807) is 11.9 Å². The lowest BCUT2D eigenvalue weighted by atomic mass is 10.1. The number of halogens is 1. The second-order valence-electron chi connectivity index (χ2n) is 6.54. The van der Waals surface area contributed by atoms with Crippen molar-refractivity contribution < 1.29 is 14.3 Å². The molecule has 0 aliphatic heterocycles. The summed E-state index contributed by atoms with van der Waals surface area (Å²) in [5, 5.41) is 10.4. The van der Waals surface area contributed by atoms with E-state index in [2.05, 4.69) is 0 Å². The van der Waals surface area contributed by atoms with Crippen LogP contribution in [0.1, 0.15) is 35.9 Å². The van der Waals surface area contributed by atoms with E-state index in [1.807, 2.05) is 13.8 Å². The molecule has 1 N–H and O–H groups in total. The van der Waals surface area contributed by atoms with Crippen LogP contribution in [-0.2, 0) is 7.05 Å². The van der Waals surface area contributed by atoms with Crippen molar-refractivity contribution in [2.45, 2.75) is 20.0 Å². The lowest BCUT2D eigenvalue weighted by molar-refractivity contribution is 0.0593. The van der Waals surface area contributed by atoms with Crippen LogP contribution in [0.2, 0.25) is 0 Å². The number of carbonyl (C=O) groups excluding carboxylic acids is 1. The van der Waals surface area contributed by atoms with Crippen molar-refractivity contribution in [2.24, 2.45) is 13.0 Å². The molecule has 5 nitrogen and oxygen atoms in total. The standard InChI is InChI=1S/C19H23FN2O3/c1-13(2)10-22(12-17(23)14-4-7-16(20)8-5-14)19(25)15-6-9-18(24)21(3)11-15/h4-9,11,13,17,23H,10,12H2,1-3H3/t17-/m0/s1. The summed E-state index contributed by atoms with van der Waals surface area (Å²) in [6, 6.07) is 8.40. The van der Waals surface area contributed by atoms with Gasteiger partial charge in [-0.1, -0.05) is 26.0 Å². The minimum atomic E-state index is -0.921. The van der Waals surface area contributed by atoms with E-state index < -0.39 is 6.10 Å². The molecular formula is C19H23FN2O3. The molecule has 0 unspecified atom stereocenters. The number of rotatable bonds is 6. The van der Waals surface area contributed by atoms with Crippen molar-refractivity contribution in [3.05, 3.63) is 69.9 Å². The monoisotopic (exact) mass is 346 g/mol. The highest BCUT2D eigenvalue weighted by molar-refractivity contribution is 5.94. The lowest BCUT2D eigenvalue weighted by Crippen LogP contribution is -2.38. The number of amides is 1. The summed E-state index contributed by atoms with van der Waals surface area (Å²) in [6.45, 7) is 4.50. The molecule has 1 aromatic heterocycles. The number of pyridine rings is 1. The number of benzene rings is 1. The number of hydrogen-bond donors (Lipinski definition) is 1. The van der Waals surface area contributed by atoms with Crippen LogP contribution in [0.5, 0.6) is 0 Å². The zero-order valence-electron chi connectivity index (χ0n) is 14.6. The van der Waals surface area contributed by atoms with Gasteiger partial charge in [0, 0.05) is 25.9 Å². The Morgan fingerprint density at radius 3 is 2.36 bits per heavy atom. The molecule has 6 heteroatoms. The Bertz CT molecular complexity index is 784. The number of aromatic nitrogens is 1. The van der Waals surface area contributed by atoms with Crippen LogP contribution in [-0.4, -0.2) is 33.6 Å². The molecule has 25 heavy (non-hydrogen) atoms. The fourth-order valence-corrected chi connectivity index (χ4v) is 2.58. The van der Waals surface area contributed by atoms with Gasteiger partial charge in [0.15, 0.2) is 0 Å². The number of carbonyl (C=O) groups is 1. The van der Waals surface area contributed by atoms with Gasteiger partial charge in [-0.05, 0) is 29.7 Å². The highest BCUT2D eigenvalue weighted by Crippen LogP contribution is 2.17. The first-order chi connectivity index (χ1) is 11.8. The minimum Gasteiger partial charge on any atom is -0.387 e. The third-order valence-corrected chi connectivity index (χ3v) is 3.85. The summed E-state index contributed by atoms with van der Waals surface area (Å²) in [5.74, 6) is -0.432. The quantitative estimate of drug-likeness (QED) is 0.873. The smallest absolute Gasteiger partial charge is 0.255 e. The predicted molar refractivity (Wildman–Crippen MR) is 93.8 cm³/mol. The second kappa shape index (κ2) is 8.07. The van der Waals surface area contributed by atoms with Crippen molar-refractivity contribution in [2.75, 3.05) is 13.1 Å². The Hall–Kier alpha value is -2.47. The van der Waals surface area contributed by atoms with E-state index in [4.69, 9.17) is 0 Å². The van der Waals surface area contributed by atoms with E-state index in [9.17, 15) is 19.1 Å². The minimum absolute atomic E-state index is 0.0888. The van der Waals surface area contributed by atoms with Gasteiger partial charge in [0.25, 0.3) is 5.91 Å². The fraction of sp³-hybridized carbons (Fsp3) is 0.368. The van der Waals surface area contributed by atoms with E-state index in [1.165, 1.54) is 47.2 Å². The second-order valence-corrected chi connectivity index (χ2v) is 6.54. The molecule has 1 heterocycles. The van der Waals surface area contributed by atoms with Crippen LogP contribution < -0.4 is 5.56 Å². The van der Waals surface area contributed by atoms with Crippen LogP contribution in [0.4, 0.5) is 4.39 Å². The SMILES string of the molecule is CC(C)CN(C[C@H](O)c1ccc(F)cc1)C(=O)c1ccc(=O)n(C)c1. The van der Waals surface area contributed by atoms with Gasteiger partial charge in [0.2, 0.25) is 5.56 Å². The predicted octanol–water partition coefficient (Wildman–Crippen LogP) is 2.36. The zero-order chi connectivity index (χ0) is 18.6. The van der Waals surface area contributed by atoms with E-state index in [0.717, 1.165) is 0 Å². The molecule has 1 amide bonds. The largest absolute Gasteiger partial charge is 0.387 e. The van der Waals surface area contributed by atoms with E-state index >= 15 is 0 Å². The van der Waals surface area contributed by atoms with Gasteiger partial charge in [-0.2, -0.15) is 0 Å². The Labute approximate surface area is 146 Å². The molecule has 0 radical (unpaired) electrons. The highest BCUT2D eigenvalue weighted by atomic mass is 19.1. The third kappa shape index (κ3) is 5.00. The molecule has 1 atom stereocenters. The van der Waals surface area contributed by atoms with Crippen molar-refractivity contribution in [3.8, 4) is 0 Å². The maximum Gasteiger partial charge on any atom is 0.255 e. The van der Waals surface area contributed by atoms with E-state index in [-0.39, 0.29) is 29.7 Å². The summed E-state index contributed by atoms with van der Waals surface area (Å²) in [6.07, 6.45) is 0.568. The van der Waals surface area contributed by atoms with Gasteiger partial charge >= 0.3 is 0 Å². The van der Waals surface area contributed by atoms with Crippen LogP contribution in [0.15, 0.2) is 47.4 Å². The molecule has 0 aliphatic rings. The molecule has 0 saturated carbocycles. The van der Waals surface area contributed by atoms with Crippen LogP contribution >= 0.6 is 0 Å². The Morgan fingerprint density at radius 1 is 1.16 bits per heavy atom. The zero-order valence-corrected chi connectivity index (χ0v) is 14.6. The van der Waals surface area contributed by atoms with Crippen LogP contribution in [0.25, 0.3) is 0 Å². The van der Waals surface area contributed by atoms with Crippen molar-refractivity contribution in [1.29, 1.82) is 0 Å². The fourth-order valence-electron chi connectivity index (χ4n) is 2.58. The summed E-state index contributed by atoms with van der Waals surface area (Å²) < 4.78 is 14.4. The molecule has 0 saturated heterocycles. The number of nitrogens with zero attached hydrogens (tertiary/aromatic N) is 2. The van der Waals surface area contributed by atoms with Gasteiger partial charge in [-0.25, -0.2) is 4.39 Å². The molecule has 0 bridgehead atoms. The number of aliphatic hydroxyl groups is 1. The first-order valence-corrected chi connectivity index (χ1v) is 8.17. The first kappa shape index (κ1) is 18.9. The average Bonchev–Trinajstić information content (AvgIpc) is 2.56. The highest BCUT2D eigenvalue weighted by Gasteiger charge is 2.21. The maximum absolute atomic E-state index is 13.0. The van der Waals surface area contributed by atoms with Crippen molar-refractivity contribution in [3.63, 3.8) is 0 Å². The molecule has 134 valence electrons. The third-order valence-electron chi connectivity index (χ3n) is 3.85. The molecule has 0 spiro atoms. The Kier molecular flexibility index (Phi) is 6.09. The van der Waals surface area contributed by atoms with Crippen molar-refractivity contribution >= 4 is 5.91 Å². The van der Waals surface area contributed by atoms with Crippen molar-refractivity contribution in [1.82, 2.24) is 9.47 Å². The Morgan fingerprint density at radius 2 is 1.80 bits per heavy atom. The molecule has 1 aromatic carbocycles. The van der Waals surface area contributed by atoms with Crippen LogP contribution in [0.3, 0.4) is 0 Å². The normalized spacial score (nSPS) is 12.2.